The van der Waals surface area contributed by atoms with E-state index in [4.69, 9.17) is 0 Å². The van der Waals surface area contributed by atoms with Crippen LogP contribution in [0.25, 0.3) is 0 Å². The molecular weight excluding hydrogens is 159 g/mol. The Bertz CT molecular complexity index is 235. The van der Waals surface area contributed by atoms with E-state index >= 15 is 0 Å². The van der Waals surface area contributed by atoms with Gasteiger partial charge < -0.3 is 1.43 Å². The van der Waals surface area contributed by atoms with E-state index in [0.29, 0.717) is 15.2 Å². The van der Waals surface area contributed by atoms with Gasteiger partial charge in [0.15, 0.2) is 0 Å². The molecule has 64 valence electrons. The predicted molar refractivity (Wildman–Crippen MR) is 57.4 cm³/mol. The van der Waals surface area contributed by atoms with E-state index in [0.717, 1.165) is 0 Å². The summed E-state index contributed by atoms with van der Waals surface area (Å²) in [5, 5.41) is 1.42. The summed E-state index contributed by atoms with van der Waals surface area (Å²) in [7, 11) is 0. The third kappa shape index (κ3) is 3.01. The third-order valence-electron chi connectivity index (χ3n) is 2.11. The number of hydrogen-bond donors (Lipinski definition) is 0. The van der Waals surface area contributed by atoms with Crippen LogP contribution in [-0.4, -0.2) is 15.2 Å². The van der Waals surface area contributed by atoms with Crippen LogP contribution in [0, 0.1) is 6.92 Å². The molecule has 0 atom stereocenters. The van der Waals surface area contributed by atoms with Gasteiger partial charge in [-0.2, -0.15) is 0 Å². The molecule has 1 aromatic rings. The molecule has 0 N–H and O–H groups in total. The summed E-state index contributed by atoms with van der Waals surface area (Å²) in [6, 6.07) is 8.77. The normalized spacial score (nSPS) is 9.50. The summed E-state index contributed by atoms with van der Waals surface area (Å²) in [6.45, 7) is 4.48. The van der Waals surface area contributed by atoms with Crippen LogP contribution in [0.5, 0.6) is 0 Å². The Labute approximate surface area is 83.2 Å². The van der Waals surface area contributed by atoms with Crippen LogP contribution in [0.3, 0.4) is 0 Å². The molecule has 0 aliphatic heterocycles. The fourth-order valence-corrected chi connectivity index (χ4v) is 2.87. The van der Waals surface area contributed by atoms with Gasteiger partial charge in [-0.25, -0.2) is 0 Å². The Kier molecular flexibility index (Phi) is 4.43. The van der Waals surface area contributed by atoms with Crippen molar-refractivity contribution < 1.29 is 1.43 Å². The molecule has 0 aromatic heterocycles. The minimum Gasteiger partial charge on any atom is -1.00 e. The number of rotatable bonds is 4. The third-order valence-corrected chi connectivity index (χ3v) is 3.89. The molecule has 0 fully saturated rings. The predicted octanol–water partition coefficient (Wildman–Crippen LogP) is 2.66. The molecule has 0 nitrogen and oxygen atoms in total. The number of benzene rings is 1. The maximum atomic E-state index is 2.28. The molecule has 0 saturated heterocycles. The first-order valence-corrected chi connectivity index (χ1v) is 6.13. The molecule has 0 bridgehead atoms. The van der Waals surface area contributed by atoms with Crippen LogP contribution in [0.2, 0.25) is 5.28 Å². The molecule has 0 saturated carbocycles. The molecule has 0 aliphatic rings. The fourth-order valence-electron chi connectivity index (χ4n) is 1.28. The molecular formula is C11H17Al. The van der Waals surface area contributed by atoms with Gasteiger partial charge in [0, 0.05) is 0 Å². The molecule has 12 heavy (non-hydrogen) atoms. The van der Waals surface area contributed by atoms with Gasteiger partial charge in [0.05, 0.1) is 0 Å². The summed E-state index contributed by atoms with van der Waals surface area (Å²) in [6.07, 6.45) is 2.72. The van der Waals surface area contributed by atoms with Gasteiger partial charge in [-0.1, -0.05) is 0 Å². The zero-order valence-electron chi connectivity index (χ0n) is 9.01. The Morgan fingerprint density at radius 2 is 2.08 bits per heavy atom. The Morgan fingerprint density at radius 3 is 2.75 bits per heavy atom. The molecule has 0 aliphatic carbocycles. The van der Waals surface area contributed by atoms with Crippen LogP contribution in [-0.2, 0) is 0 Å². The van der Waals surface area contributed by atoms with E-state index in [1.54, 1.807) is 4.43 Å². The van der Waals surface area contributed by atoms with Crippen molar-refractivity contribution in [2.45, 2.75) is 32.0 Å². The second kappa shape index (κ2) is 5.41. The van der Waals surface area contributed by atoms with Crippen molar-refractivity contribution in [2.75, 3.05) is 0 Å². The Morgan fingerprint density at radius 1 is 1.33 bits per heavy atom. The summed E-state index contributed by atoms with van der Waals surface area (Å²) in [5.41, 5.74) is 1.48. The van der Waals surface area contributed by atoms with E-state index in [9.17, 15) is 0 Å². The van der Waals surface area contributed by atoms with Gasteiger partial charge in [0.2, 0.25) is 0 Å². The van der Waals surface area contributed by atoms with Crippen molar-refractivity contribution in [2.24, 2.45) is 0 Å². The number of unbranched alkanes of at least 4 members (excludes halogenated alkanes) is 1. The molecule has 1 rings (SSSR count). The van der Waals surface area contributed by atoms with Gasteiger partial charge in [-0.15, -0.1) is 0 Å². The summed E-state index contributed by atoms with van der Waals surface area (Å²) < 4.78 is 1.60. The molecule has 1 aromatic carbocycles. The van der Waals surface area contributed by atoms with Gasteiger partial charge in [-0.3, -0.25) is 0 Å². The number of hydrogen-bond acceptors (Lipinski definition) is 0. The quantitative estimate of drug-likeness (QED) is 0.488. The molecule has 0 radical (unpaired) electrons. The standard InChI is InChI=1S/C7H7.C4H9.Al.H/c1-7-5-3-2-4-6-7;1-3-4-2;;/h2-5H,1H3;1,3-4H2,2H3;;/q;;+1;-1. The monoisotopic (exact) mass is 176 g/mol. The minimum absolute atomic E-state index is 0. The SMILES string of the molecule is CCC[CH2][Al+][c]1ccccc1C.[H-]. The Hall–Kier alpha value is -0.248. The maximum Gasteiger partial charge on any atom is -1.00 e. The van der Waals surface area contributed by atoms with Gasteiger partial charge in [-0.05, 0) is 0 Å². The first-order valence-electron chi connectivity index (χ1n) is 4.73. The van der Waals surface area contributed by atoms with Gasteiger partial charge >= 0.3 is 81.4 Å². The van der Waals surface area contributed by atoms with Crippen LogP contribution in [0.4, 0.5) is 0 Å². The first-order chi connectivity index (χ1) is 5.84. The maximum absolute atomic E-state index is 2.28. The zero-order chi connectivity index (χ0) is 8.81. The second-order valence-corrected chi connectivity index (χ2v) is 4.81. The molecule has 1 heteroatoms. The minimum atomic E-state index is 0. The van der Waals surface area contributed by atoms with E-state index in [-0.39, 0.29) is 1.43 Å². The number of aryl methyl sites for hydroxylation is 1. The van der Waals surface area contributed by atoms with Crippen molar-refractivity contribution in [1.82, 2.24) is 0 Å². The summed E-state index contributed by atoms with van der Waals surface area (Å²) >= 11 is 0.529. The molecule has 0 amide bonds. The van der Waals surface area contributed by atoms with E-state index < -0.39 is 0 Å². The van der Waals surface area contributed by atoms with Crippen molar-refractivity contribution in [1.29, 1.82) is 0 Å². The summed E-state index contributed by atoms with van der Waals surface area (Å²) in [5.74, 6) is 0. The molecule has 0 unspecified atom stereocenters. The smallest absolute Gasteiger partial charge is 1.00 e. The molecule has 0 spiro atoms. The van der Waals surface area contributed by atoms with E-state index in [1.165, 1.54) is 23.7 Å². The molecule has 0 heterocycles. The largest absolute Gasteiger partial charge is 1.00 e. The first kappa shape index (κ1) is 9.84. The van der Waals surface area contributed by atoms with Crippen molar-refractivity contribution in [3.05, 3.63) is 29.8 Å². The van der Waals surface area contributed by atoms with Crippen LogP contribution in [0.1, 0.15) is 26.8 Å². The summed E-state index contributed by atoms with van der Waals surface area (Å²) in [4.78, 5) is 0. The van der Waals surface area contributed by atoms with Crippen LogP contribution >= 0.6 is 0 Å². The van der Waals surface area contributed by atoms with E-state index in [2.05, 4.69) is 38.1 Å². The van der Waals surface area contributed by atoms with Crippen LogP contribution < -0.4 is 4.43 Å². The average Bonchev–Trinajstić information content (AvgIpc) is 2.09. The topological polar surface area (TPSA) is 0 Å². The van der Waals surface area contributed by atoms with Crippen LogP contribution in [0.15, 0.2) is 24.3 Å². The van der Waals surface area contributed by atoms with Gasteiger partial charge in [0.1, 0.15) is 0 Å². The fraction of sp³-hybridized carbons (Fsp3) is 0.455. The Balaban J connectivity index is 0.00000144. The van der Waals surface area contributed by atoms with Crippen molar-refractivity contribution in [3.63, 3.8) is 0 Å². The zero-order valence-corrected chi connectivity index (χ0v) is 9.16. The second-order valence-electron chi connectivity index (χ2n) is 3.20. The van der Waals surface area contributed by atoms with Crippen molar-refractivity contribution in [3.8, 4) is 0 Å². The van der Waals surface area contributed by atoms with Crippen molar-refractivity contribution >= 4 is 19.6 Å². The van der Waals surface area contributed by atoms with E-state index in [1.807, 2.05) is 0 Å². The van der Waals surface area contributed by atoms with Gasteiger partial charge in [0.25, 0.3) is 0 Å². The average molecular weight is 176 g/mol.